The van der Waals surface area contributed by atoms with Gasteiger partial charge in [0.15, 0.2) is 0 Å². The van der Waals surface area contributed by atoms with Gasteiger partial charge in [-0.1, -0.05) is 0 Å². The Balaban J connectivity index is 0.00000225. The summed E-state index contributed by atoms with van der Waals surface area (Å²) in [5.74, 6) is 0.686. The van der Waals surface area contributed by atoms with Crippen LogP contribution in [0.25, 0.3) is 0 Å². The summed E-state index contributed by atoms with van der Waals surface area (Å²) in [7, 11) is 0. The first kappa shape index (κ1) is 14.7. The molecular weight excluding hydrogens is 232 g/mol. The van der Waals surface area contributed by atoms with Crippen molar-refractivity contribution in [2.75, 3.05) is 13.2 Å². The summed E-state index contributed by atoms with van der Waals surface area (Å²) in [5, 5.41) is 10.6. The van der Waals surface area contributed by atoms with Crippen LogP contribution in [0.5, 0.6) is 5.75 Å². The van der Waals surface area contributed by atoms with Crippen LogP contribution in [0.2, 0.25) is 0 Å². The lowest BCUT2D eigenvalue weighted by Gasteiger charge is -2.10. The van der Waals surface area contributed by atoms with Gasteiger partial charge in [0, 0.05) is 18.7 Å². The molecule has 5 nitrogen and oxygen atoms in total. The summed E-state index contributed by atoms with van der Waals surface area (Å²) in [6, 6.07) is 3.00. The Morgan fingerprint density at radius 2 is 1.88 bits per heavy atom. The monoisotopic (exact) mass is 246 g/mol. The molecule has 0 aliphatic rings. The van der Waals surface area contributed by atoms with E-state index in [1.54, 1.807) is 13.8 Å². The van der Waals surface area contributed by atoms with E-state index in [0.717, 1.165) is 11.1 Å². The normalized spacial score (nSPS) is 9.44. The minimum absolute atomic E-state index is 0. The third kappa shape index (κ3) is 3.36. The van der Waals surface area contributed by atoms with E-state index in [1.165, 1.54) is 12.1 Å². The average molecular weight is 247 g/mol. The van der Waals surface area contributed by atoms with E-state index in [-0.39, 0.29) is 18.1 Å². The lowest BCUT2D eigenvalue weighted by Crippen LogP contribution is -2.11. The highest BCUT2D eigenvalue weighted by Gasteiger charge is 2.12. The highest BCUT2D eigenvalue weighted by Crippen LogP contribution is 2.27. The summed E-state index contributed by atoms with van der Waals surface area (Å²) < 4.78 is 5.40. The van der Waals surface area contributed by atoms with E-state index in [2.05, 4.69) is 0 Å². The number of benzene rings is 1. The topological polar surface area (TPSA) is 78.4 Å². The second kappa shape index (κ2) is 6.30. The Labute approximate surface area is 100 Å². The number of nitro groups is 1. The predicted molar refractivity (Wildman–Crippen MR) is 64.4 cm³/mol. The van der Waals surface area contributed by atoms with Gasteiger partial charge in [-0.05, 0) is 25.0 Å². The van der Waals surface area contributed by atoms with Gasteiger partial charge in [-0.2, -0.15) is 0 Å². The number of hydrogen-bond donors (Lipinski definition) is 1. The van der Waals surface area contributed by atoms with Crippen molar-refractivity contribution in [2.24, 2.45) is 5.73 Å². The van der Waals surface area contributed by atoms with Crippen LogP contribution in [0.15, 0.2) is 12.1 Å². The number of rotatable bonds is 4. The Morgan fingerprint density at radius 1 is 1.38 bits per heavy atom. The molecule has 0 saturated heterocycles. The van der Waals surface area contributed by atoms with Crippen LogP contribution in [0, 0.1) is 24.0 Å². The lowest BCUT2D eigenvalue weighted by atomic mass is 10.1. The van der Waals surface area contributed by atoms with Crippen molar-refractivity contribution in [2.45, 2.75) is 13.8 Å². The Morgan fingerprint density at radius 3 is 2.25 bits per heavy atom. The van der Waals surface area contributed by atoms with Gasteiger partial charge in [0.2, 0.25) is 0 Å². The number of nitro benzene ring substituents is 1. The van der Waals surface area contributed by atoms with Gasteiger partial charge in [-0.15, -0.1) is 12.4 Å². The molecule has 0 aliphatic heterocycles. The SMILES string of the molecule is Cc1cc([N+](=O)[O-])cc(C)c1OCCN.Cl. The molecule has 0 aliphatic carbocycles. The molecule has 0 radical (unpaired) electrons. The first-order valence-corrected chi connectivity index (χ1v) is 4.64. The minimum atomic E-state index is -0.410. The number of nitrogens with zero attached hydrogens (tertiary/aromatic N) is 1. The standard InChI is InChI=1S/C10H14N2O3.ClH/c1-7-5-9(12(13)14)6-8(2)10(7)15-4-3-11;/h5-6H,3-4,11H2,1-2H3;1H. The second-order valence-electron chi connectivity index (χ2n) is 3.30. The van der Waals surface area contributed by atoms with Crippen LogP contribution in [-0.4, -0.2) is 18.1 Å². The van der Waals surface area contributed by atoms with Gasteiger partial charge < -0.3 is 10.5 Å². The smallest absolute Gasteiger partial charge is 0.270 e. The summed E-state index contributed by atoms with van der Waals surface area (Å²) in [4.78, 5) is 10.2. The van der Waals surface area contributed by atoms with Crippen molar-refractivity contribution in [1.29, 1.82) is 0 Å². The van der Waals surface area contributed by atoms with Gasteiger partial charge in [-0.3, -0.25) is 10.1 Å². The lowest BCUT2D eigenvalue weighted by molar-refractivity contribution is -0.385. The van der Waals surface area contributed by atoms with Crippen LogP contribution in [-0.2, 0) is 0 Å². The fourth-order valence-electron chi connectivity index (χ4n) is 1.42. The highest BCUT2D eigenvalue weighted by molar-refractivity contribution is 5.85. The molecule has 0 fully saturated rings. The van der Waals surface area contributed by atoms with Gasteiger partial charge in [0.25, 0.3) is 5.69 Å². The van der Waals surface area contributed by atoms with Crippen molar-refractivity contribution >= 4 is 18.1 Å². The van der Waals surface area contributed by atoms with E-state index in [4.69, 9.17) is 10.5 Å². The molecule has 1 aromatic rings. The zero-order chi connectivity index (χ0) is 11.4. The molecule has 0 atom stereocenters. The number of hydrogen-bond acceptors (Lipinski definition) is 4. The van der Waals surface area contributed by atoms with Crippen LogP contribution in [0.1, 0.15) is 11.1 Å². The van der Waals surface area contributed by atoms with Gasteiger partial charge in [0.05, 0.1) is 4.92 Å². The van der Waals surface area contributed by atoms with E-state index in [0.29, 0.717) is 18.9 Å². The molecule has 1 rings (SSSR count). The number of ether oxygens (including phenoxy) is 1. The predicted octanol–water partition coefficient (Wildman–Crippen LogP) is 1.97. The highest BCUT2D eigenvalue weighted by atomic mass is 35.5. The molecule has 0 unspecified atom stereocenters. The summed E-state index contributed by atoms with van der Waals surface area (Å²) >= 11 is 0. The number of non-ortho nitro benzene ring substituents is 1. The number of aryl methyl sites for hydroxylation is 2. The van der Waals surface area contributed by atoms with Crippen molar-refractivity contribution in [3.8, 4) is 5.75 Å². The first-order valence-electron chi connectivity index (χ1n) is 4.64. The summed E-state index contributed by atoms with van der Waals surface area (Å²) in [6.07, 6.45) is 0. The molecule has 0 spiro atoms. The molecule has 90 valence electrons. The van der Waals surface area contributed by atoms with Crippen LogP contribution in [0.4, 0.5) is 5.69 Å². The van der Waals surface area contributed by atoms with Crippen molar-refractivity contribution < 1.29 is 9.66 Å². The molecular formula is C10H15ClN2O3. The maximum absolute atomic E-state index is 10.6. The van der Waals surface area contributed by atoms with Gasteiger partial charge in [-0.25, -0.2) is 0 Å². The quantitative estimate of drug-likeness (QED) is 0.651. The van der Waals surface area contributed by atoms with Crippen LogP contribution < -0.4 is 10.5 Å². The molecule has 0 aromatic heterocycles. The number of nitrogens with two attached hydrogens (primary N) is 1. The third-order valence-electron chi connectivity index (χ3n) is 2.02. The Bertz CT molecular complexity index is 359. The van der Waals surface area contributed by atoms with Crippen LogP contribution in [0.3, 0.4) is 0 Å². The molecule has 0 bridgehead atoms. The zero-order valence-corrected chi connectivity index (χ0v) is 10.0. The molecule has 2 N–H and O–H groups in total. The minimum Gasteiger partial charge on any atom is -0.492 e. The Hall–Kier alpha value is -1.33. The largest absolute Gasteiger partial charge is 0.492 e. The summed E-state index contributed by atoms with van der Waals surface area (Å²) in [5.41, 5.74) is 6.93. The second-order valence-corrected chi connectivity index (χ2v) is 3.30. The molecule has 0 amide bonds. The summed E-state index contributed by atoms with van der Waals surface area (Å²) in [6.45, 7) is 4.41. The Kier molecular flexibility index (Phi) is 5.77. The fraction of sp³-hybridized carbons (Fsp3) is 0.400. The van der Waals surface area contributed by atoms with Crippen LogP contribution >= 0.6 is 12.4 Å². The fourth-order valence-corrected chi connectivity index (χ4v) is 1.42. The molecule has 1 aromatic carbocycles. The van der Waals surface area contributed by atoms with Crippen molar-refractivity contribution in [3.05, 3.63) is 33.4 Å². The van der Waals surface area contributed by atoms with E-state index < -0.39 is 4.92 Å². The van der Waals surface area contributed by atoms with Gasteiger partial charge in [0.1, 0.15) is 12.4 Å². The maximum atomic E-state index is 10.6. The van der Waals surface area contributed by atoms with E-state index >= 15 is 0 Å². The van der Waals surface area contributed by atoms with E-state index in [9.17, 15) is 10.1 Å². The molecule has 0 heterocycles. The van der Waals surface area contributed by atoms with Crippen molar-refractivity contribution in [1.82, 2.24) is 0 Å². The van der Waals surface area contributed by atoms with Crippen molar-refractivity contribution in [3.63, 3.8) is 0 Å². The third-order valence-corrected chi connectivity index (χ3v) is 2.02. The molecule has 16 heavy (non-hydrogen) atoms. The first-order chi connectivity index (χ1) is 7.06. The molecule has 6 heteroatoms. The zero-order valence-electron chi connectivity index (χ0n) is 9.23. The maximum Gasteiger partial charge on any atom is 0.270 e. The number of halogens is 1. The van der Waals surface area contributed by atoms with Gasteiger partial charge >= 0.3 is 0 Å². The average Bonchev–Trinajstić information content (AvgIpc) is 2.16. The molecule has 0 saturated carbocycles. The van der Waals surface area contributed by atoms with E-state index in [1.807, 2.05) is 0 Å².